The molecule has 9 aromatic rings. The van der Waals surface area contributed by atoms with Gasteiger partial charge in [0.05, 0.1) is 11.4 Å². The quantitative estimate of drug-likeness (QED) is 0.161. The van der Waals surface area contributed by atoms with E-state index in [0.29, 0.717) is 11.7 Å². The predicted octanol–water partition coefficient (Wildman–Crippen LogP) is 14.0. The summed E-state index contributed by atoms with van der Waals surface area (Å²) in [4.78, 5) is 10.3. The van der Waals surface area contributed by atoms with Crippen molar-refractivity contribution < 1.29 is 0 Å². The van der Waals surface area contributed by atoms with Crippen LogP contribution in [0.4, 0.5) is 0 Å². The zero-order valence-corrected chi connectivity index (χ0v) is 30.7. The van der Waals surface area contributed by atoms with Gasteiger partial charge in [-0.3, -0.25) is 0 Å². The number of benzene rings is 8. The molecule has 0 aliphatic heterocycles. The lowest BCUT2D eigenvalue weighted by atomic mass is 9.82. The number of nitrogens with zero attached hydrogens (tertiary/aromatic N) is 2. The third kappa shape index (κ3) is 6.12. The first-order valence-electron chi connectivity index (χ1n) is 19.1. The van der Waals surface area contributed by atoms with Crippen LogP contribution in [0.15, 0.2) is 188 Å². The van der Waals surface area contributed by atoms with Crippen LogP contribution in [0.1, 0.15) is 18.1 Å². The van der Waals surface area contributed by atoms with E-state index in [4.69, 9.17) is 9.97 Å². The van der Waals surface area contributed by atoms with Crippen LogP contribution >= 0.6 is 0 Å². The molecule has 260 valence electrons. The molecule has 2 heteroatoms. The summed E-state index contributed by atoms with van der Waals surface area (Å²) >= 11 is 0. The summed E-state index contributed by atoms with van der Waals surface area (Å²) in [5, 5.41) is 5.31. The largest absolute Gasteiger partial charge is 0.228 e. The summed E-state index contributed by atoms with van der Waals surface area (Å²) in [5.74, 6) is 1.23. The summed E-state index contributed by atoms with van der Waals surface area (Å²) in [6.45, 7) is 2.31. The number of rotatable bonds is 6. The summed E-state index contributed by atoms with van der Waals surface area (Å²) in [6, 6.07) is 65.1. The first-order valence-corrected chi connectivity index (χ1v) is 19.1. The highest BCUT2D eigenvalue weighted by Crippen LogP contribution is 2.41. The minimum atomic E-state index is 0.527. The lowest BCUT2D eigenvalue weighted by Gasteiger charge is -2.22. The summed E-state index contributed by atoms with van der Waals surface area (Å²) in [7, 11) is 0. The molecule has 8 aromatic carbocycles. The van der Waals surface area contributed by atoms with E-state index >= 15 is 0 Å². The van der Waals surface area contributed by atoms with Crippen molar-refractivity contribution in [1.29, 1.82) is 0 Å². The van der Waals surface area contributed by atoms with Gasteiger partial charge in [-0.2, -0.15) is 0 Å². The fourth-order valence-electron chi connectivity index (χ4n) is 8.30. The second kappa shape index (κ2) is 13.8. The maximum Gasteiger partial charge on any atom is 0.160 e. The number of fused-ring (bicyclic) bond motifs is 6. The van der Waals surface area contributed by atoms with E-state index in [0.717, 1.165) is 45.6 Å². The van der Waals surface area contributed by atoms with Gasteiger partial charge < -0.3 is 0 Å². The van der Waals surface area contributed by atoms with Gasteiger partial charge in [-0.15, -0.1) is 0 Å². The zero-order chi connectivity index (χ0) is 36.7. The highest BCUT2D eigenvalue weighted by atomic mass is 14.9. The molecule has 0 fully saturated rings. The normalized spacial score (nSPS) is 13.6. The molecule has 0 amide bonds. The average Bonchev–Trinajstić information content (AvgIpc) is 3.27. The first-order chi connectivity index (χ1) is 27.2. The van der Waals surface area contributed by atoms with Crippen molar-refractivity contribution in [2.45, 2.75) is 13.3 Å². The zero-order valence-electron chi connectivity index (χ0n) is 30.7. The number of aromatic nitrogens is 2. The van der Waals surface area contributed by atoms with E-state index in [1.165, 1.54) is 54.9 Å². The van der Waals surface area contributed by atoms with E-state index in [2.05, 4.69) is 183 Å². The minimum Gasteiger partial charge on any atom is -0.228 e. The Morgan fingerprint density at radius 3 is 1.65 bits per heavy atom. The molecular weight excluding hydrogens is 665 g/mol. The van der Waals surface area contributed by atoms with Crippen molar-refractivity contribution in [2.75, 3.05) is 0 Å². The van der Waals surface area contributed by atoms with Crippen molar-refractivity contribution in [2.24, 2.45) is 5.92 Å². The van der Waals surface area contributed by atoms with Gasteiger partial charge in [0.1, 0.15) is 0 Å². The Morgan fingerprint density at radius 1 is 0.400 bits per heavy atom. The van der Waals surface area contributed by atoms with Gasteiger partial charge in [0.2, 0.25) is 0 Å². The van der Waals surface area contributed by atoms with Crippen LogP contribution in [-0.2, 0) is 6.42 Å². The fraction of sp³-hybridized carbons (Fsp3) is 0.0566. The van der Waals surface area contributed by atoms with Gasteiger partial charge in [-0.05, 0) is 103 Å². The molecule has 1 heterocycles. The first kappa shape index (κ1) is 32.7. The molecule has 0 N–H and O–H groups in total. The highest BCUT2D eigenvalue weighted by molar-refractivity contribution is 6.14. The van der Waals surface area contributed by atoms with Crippen LogP contribution in [-0.4, -0.2) is 9.97 Å². The predicted molar refractivity (Wildman–Crippen MR) is 232 cm³/mol. The molecule has 2 nitrogen and oxygen atoms in total. The smallest absolute Gasteiger partial charge is 0.160 e. The third-order valence-electron chi connectivity index (χ3n) is 11.0. The van der Waals surface area contributed by atoms with E-state index in [1.807, 2.05) is 18.2 Å². The summed E-state index contributed by atoms with van der Waals surface area (Å²) in [6.07, 6.45) is 5.76. The van der Waals surface area contributed by atoms with Gasteiger partial charge in [0.25, 0.3) is 0 Å². The van der Waals surface area contributed by atoms with E-state index < -0.39 is 0 Å². The maximum absolute atomic E-state index is 5.18. The molecule has 1 aliphatic rings. The van der Waals surface area contributed by atoms with Crippen LogP contribution in [0.2, 0.25) is 0 Å². The Bertz CT molecular complexity index is 2910. The highest BCUT2D eigenvalue weighted by Gasteiger charge is 2.19. The van der Waals surface area contributed by atoms with Crippen molar-refractivity contribution in [3.8, 4) is 67.3 Å². The molecule has 1 unspecified atom stereocenters. The molecule has 0 radical (unpaired) electrons. The van der Waals surface area contributed by atoms with Gasteiger partial charge >= 0.3 is 0 Å². The molecule has 55 heavy (non-hydrogen) atoms. The fourth-order valence-corrected chi connectivity index (χ4v) is 8.30. The Kier molecular flexibility index (Phi) is 8.22. The van der Waals surface area contributed by atoms with Gasteiger partial charge in [-0.1, -0.05) is 177 Å². The van der Waals surface area contributed by atoms with E-state index in [9.17, 15) is 0 Å². The van der Waals surface area contributed by atoms with Gasteiger partial charge in [0.15, 0.2) is 5.82 Å². The molecule has 10 rings (SSSR count). The topological polar surface area (TPSA) is 25.8 Å². The third-order valence-corrected chi connectivity index (χ3v) is 11.0. The Balaban J connectivity index is 1.09. The molecule has 0 bridgehead atoms. The molecule has 1 atom stereocenters. The SMILES string of the molecule is CC1C=Cc2c(c3ccc(-c4ccccc4-c4cccc(-c5cc(-c6cccc(-c7ccccc7)c6)nc(-c6ccccc6)n5)c4)cc3c3ccccc23)C1. The molecule has 0 saturated carbocycles. The van der Waals surface area contributed by atoms with E-state index in [-0.39, 0.29) is 0 Å². The Morgan fingerprint density at radius 2 is 0.945 bits per heavy atom. The molecule has 1 aliphatic carbocycles. The minimum absolute atomic E-state index is 0.527. The van der Waals surface area contributed by atoms with Crippen LogP contribution < -0.4 is 0 Å². The second-order valence-electron chi connectivity index (χ2n) is 14.6. The second-order valence-corrected chi connectivity index (χ2v) is 14.6. The van der Waals surface area contributed by atoms with Gasteiger partial charge in [-0.25, -0.2) is 9.97 Å². The van der Waals surface area contributed by atoms with Crippen LogP contribution in [0.25, 0.3) is 94.9 Å². The lowest BCUT2D eigenvalue weighted by molar-refractivity contribution is 0.722. The number of hydrogen-bond acceptors (Lipinski definition) is 2. The Hall–Kier alpha value is -6.90. The van der Waals surface area contributed by atoms with Crippen molar-refractivity contribution >= 4 is 27.6 Å². The molecular formula is C53H38N2. The van der Waals surface area contributed by atoms with Crippen molar-refractivity contribution in [3.05, 3.63) is 199 Å². The average molecular weight is 703 g/mol. The van der Waals surface area contributed by atoms with Gasteiger partial charge in [0, 0.05) is 16.7 Å². The summed E-state index contributed by atoms with van der Waals surface area (Å²) in [5.41, 5.74) is 14.8. The molecule has 0 spiro atoms. The standard InChI is InChI=1S/C53H38N2/c1-35-26-28-47-45-24-10-11-25-46(45)50-33-40(27-29-48(50)49(47)30-35)44-23-9-8-22-43(44)39-19-13-21-42(32-39)52-34-51(54-53(55-52)37-16-6-3-7-17-37)41-20-12-18-38(31-41)36-14-4-2-5-15-36/h2-29,31-35H,30H2,1H3. The molecule has 0 saturated heterocycles. The molecule has 1 aromatic heterocycles. The van der Waals surface area contributed by atoms with Crippen LogP contribution in [0.3, 0.4) is 0 Å². The Labute approximate surface area is 322 Å². The van der Waals surface area contributed by atoms with Crippen LogP contribution in [0, 0.1) is 5.92 Å². The maximum atomic E-state index is 5.18. The van der Waals surface area contributed by atoms with Crippen molar-refractivity contribution in [1.82, 2.24) is 9.97 Å². The van der Waals surface area contributed by atoms with Crippen LogP contribution in [0.5, 0.6) is 0 Å². The van der Waals surface area contributed by atoms with E-state index in [1.54, 1.807) is 0 Å². The number of allylic oxidation sites excluding steroid dienone is 1. The summed E-state index contributed by atoms with van der Waals surface area (Å²) < 4.78 is 0. The lowest BCUT2D eigenvalue weighted by Crippen LogP contribution is -2.05. The van der Waals surface area contributed by atoms with Crippen molar-refractivity contribution in [3.63, 3.8) is 0 Å². The number of hydrogen-bond donors (Lipinski definition) is 0. The monoisotopic (exact) mass is 702 g/mol.